The zero-order valence-electron chi connectivity index (χ0n) is 11.3. The molecule has 0 aromatic carbocycles. The highest BCUT2D eigenvalue weighted by Crippen LogP contribution is 2.42. The fourth-order valence-corrected chi connectivity index (χ4v) is 3.79. The third-order valence-electron chi connectivity index (χ3n) is 4.64. The van der Waals surface area contributed by atoms with Crippen LogP contribution in [0.15, 0.2) is 0 Å². The average Bonchev–Trinajstić information content (AvgIpc) is 2.60. The van der Waals surface area contributed by atoms with Crippen LogP contribution in [0.4, 0.5) is 0 Å². The van der Waals surface area contributed by atoms with Crippen LogP contribution in [0.1, 0.15) is 58.3 Å². The smallest absolute Gasteiger partial charge is 0.374 e. The molecule has 18 heavy (non-hydrogen) atoms. The topological polar surface area (TPSA) is 43.4 Å². The SMILES string of the molecule is CCOC(=O)C(=O)C1CCCCC2CCCCC21. The van der Waals surface area contributed by atoms with E-state index in [1.165, 1.54) is 32.1 Å². The van der Waals surface area contributed by atoms with Gasteiger partial charge in [0.2, 0.25) is 5.78 Å². The minimum absolute atomic E-state index is 0.0585. The van der Waals surface area contributed by atoms with E-state index in [1.807, 2.05) is 0 Å². The minimum atomic E-state index is -0.603. The monoisotopic (exact) mass is 252 g/mol. The molecule has 0 aromatic heterocycles. The van der Waals surface area contributed by atoms with Crippen molar-refractivity contribution in [1.82, 2.24) is 0 Å². The van der Waals surface area contributed by atoms with Crippen LogP contribution in [-0.2, 0) is 14.3 Å². The zero-order valence-corrected chi connectivity index (χ0v) is 11.3. The Hall–Kier alpha value is -0.860. The Balaban J connectivity index is 2.08. The summed E-state index contributed by atoms with van der Waals surface area (Å²) in [7, 11) is 0. The molecule has 0 aromatic rings. The lowest BCUT2D eigenvalue weighted by atomic mass is 9.70. The number of fused-ring (bicyclic) bond motifs is 1. The quantitative estimate of drug-likeness (QED) is 0.572. The van der Waals surface area contributed by atoms with Gasteiger partial charge in [0, 0.05) is 5.92 Å². The number of carbonyl (C=O) groups is 2. The summed E-state index contributed by atoms with van der Waals surface area (Å²) in [4.78, 5) is 23.9. The van der Waals surface area contributed by atoms with E-state index in [1.54, 1.807) is 6.92 Å². The first kappa shape index (κ1) is 13.6. The first-order valence-electron chi connectivity index (χ1n) is 7.45. The molecule has 0 spiro atoms. The highest BCUT2D eigenvalue weighted by molar-refractivity contribution is 6.34. The Morgan fingerprint density at radius 1 is 1.00 bits per heavy atom. The van der Waals surface area contributed by atoms with Crippen LogP contribution in [0.25, 0.3) is 0 Å². The Morgan fingerprint density at radius 2 is 1.61 bits per heavy atom. The lowest BCUT2D eigenvalue weighted by molar-refractivity contribution is -0.156. The molecule has 0 amide bonds. The first-order chi connectivity index (χ1) is 8.74. The van der Waals surface area contributed by atoms with E-state index in [9.17, 15) is 9.59 Å². The number of esters is 1. The highest BCUT2D eigenvalue weighted by atomic mass is 16.5. The molecular weight excluding hydrogens is 228 g/mol. The Labute approximate surface area is 109 Å². The van der Waals surface area contributed by atoms with Crippen LogP contribution < -0.4 is 0 Å². The Kier molecular flexibility index (Phi) is 4.79. The summed E-state index contributed by atoms with van der Waals surface area (Å²) in [5.74, 6) is 0.198. The van der Waals surface area contributed by atoms with Gasteiger partial charge in [-0.3, -0.25) is 4.79 Å². The van der Waals surface area contributed by atoms with Gasteiger partial charge in [0.25, 0.3) is 0 Å². The van der Waals surface area contributed by atoms with Gasteiger partial charge < -0.3 is 4.74 Å². The van der Waals surface area contributed by atoms with E-state index >= 15 is 0 Å². The number of Topliss-reactive ketones (excluding diaryl/α,β-unsaturated/α-hetero) is 1. The molecule has 2 rings (SSSR count). The van der Waals surface area contributed by atoms with Crippen molar-refractivity contribution in [3.63, 3.8) is 0 Å². The molecule has 2 aliphatic rings. The highest BCUT2D eigenvalue weighted by Gasteiger charge is 2.39. The number of hydrogen-bond donors (Lipinski definition) is 0. The van der Waals surface area contributed by atoms with Gasteiger partial charge in [0.05, 0.1) is 6.61 Å². The van der Waals surface area contributed by atoms with Crippen LogP contribution in [0.5, 0.6) is 0 Å². The molecule has 0 saturated heterocycles. The number of hydrogen-bond acceptors (Lipinski definition) is 3. The molecule has 0 N–H and O–H groups in total. The molecule has 3 unspecified atom stereocenters. The second kappa shape index (κ2) is 6.35. The fraction of sp³-hybridized carbons (Fsp3) is 0.867. The lowest BCUT2D eigenvalue weighted by Gasteiger charge is -2.34. The average molecular weight is 252 g/mol. The van der Waals surface area contributed by atoms with E-state index < -0.39 is 5.97 Å². The van der Waals surface area contributed by atoms with E-state index in [0.717, 1.165) is 19.3 Å². The molecule has 0 bridgehead atoms. The third-order valence-corrected chi connectivity index (χ3v) is 4.64. The van der Waals surface area contributed by atoms with Crippen LogP contribution >= 0.6 is 0 Å². The van der Waals surface area contributed by atoms with E-state index in [4.69, 9.17) is 4.74 Å². The van der Waals surface area contributed by atoms with Gasteiger partial charge in [-0.1, -0.05) is 38.5 Å². The van der Waals surface area contributed by atoms with Crippen molar-refractivity contribution >= 4 is 11.8 Å². The van der Waals surface area contributed by atoms with Gasteiger partial charge in [0.1, 0.15) is 0 Å². The van der Waals surface area contributed by atoms with E-state index in [2.05, 4.69) is 0 Å². The lowest BCUT2D eigenvalue weighted by Crippen LogP contribution is -2.35. The zero-order chi connectivity index (χ0) is 13.0. The van der Waals surface area contributed by atoms with Crippen molar-refractivity contribution in [3.8, 4) is 0 Å². The Bertz CT molecular complexity index is 311. The normalized spacial score (nSPS) is 32.2. The summed E-state index contributed by atoms with van der Waals surface area (Å²) in [5, 5.41) is 0. The maximum Gasteiger partial charge on any atom is 0.374 e. The molecule has 3 heteroatoms. The summed E-state index contributed by atoms with van der Waals surface area (Å²) < 4.78 is 4.89. The molecule has 3 nitrogen and oxygen atoms in total. The number of rotatable bonds is 3. The first-order valence-corrected chi connectivity index (χ1v) is 7.45. The van der Waals surface area contributed by atoms with E-state index in [0.29, 0.717) is 18.4 Å². The molecule has 2 aliphatic carbocycles. The number of ketones is 1. The van der Waals surface area contributed by atoms with Crippen LogP contribution in [0.3, 0.4) is 0 Å². The Morgan fingerprint density at radius 3 is 2.28 bits per heavy atom. The fourth-order valence-electron chi connectivity index (χ4n) is 3.79. The number of ether oxygens (including phenoxy) is 1. The summed E-state index contributed by atoms with van der Waals surface area (Å²) in [5.41, 5.74) is 0. The van der Waals surface area contributed by atoms with Gasteiger partial charge in [-0.05, 0) is 31.6 Å². The van der Waals surface area contributed by atoms with Crippen molar-refractivity contribution in [3.05, 3.63) is 0 Å². The second-order valence-corrected chi connectivity index (χ2v) is 5.68. The molecule has 0 radical (unpaired) electrons. The van der Waals surface area contributed by atoms with Crippen LogP contribution in [-0.4, -0.2) is 18.4 Å². The van der Waals surface area contributed by atoms with Gasteiger partial charge in [-0.25, -0.2) is 4.79 Å². The van der Waals surface area contributed by atoms with Crippen LogP contribution in [0, 0.1) is 17.8 Å². The second-order valence-electron chi connectivity index (χ2n) is 5.68. The largest absolute Gasteiger partial charge is 0.460 e. The van der Waals surface area contributed by atoms with Gasteiger partial charge >= 0.3 is 5.97 Å². The molecule has 2 fully saturated rings. The molecular formula is C15H24O3. The third kappa shape index (κ3) is 2.93. The van der Waals surface area contributed by atoms with Gasteiger partial charge in [-0.2, -0.15) is 0 Å². The van der Waals surface area contributed by atoms with Crippen molar-refractivity contribution in [2.45, 2.75) is 58.3 Å². The predicted octanol–water partition coefficient (Wildman–Crippen LogP) is 3.12. The molecule has 102 valence electrons. The standard InChI is InChI=1S/C15H24O3/c1-2-18-15(17)14(16)13-10-6-4-8-11-7-3-5-9-12(11)13/h11-13H,2-10H2,1H3. The van der Waals surface area contributed by atoms with Gasteiger partial charge in [0.15, 0.2) is 0 Å². The summed E-state index contributed by atoms with van der Waals surface area (Å²) >= 11 is 0. The number of carbonyl (C=O) groups excluding carboxylic acids is 2. The maximum absolute atomic E-state index is 12.2. The van der Waals surface area contributed by atoms with E-state index in [-0.39, 0.29) is 11.7 Å². The van der Waals surface area contributed by atoms with Gasteiger partial charge in [-0.15, -0.1) is 0 Å². The van der Waals surface area contributed by atoms with Crippen LogP contribution in [0.2, 0.25) is 0 Å². The van der Waals surface area contributed by atoms with Crippen molar-refractivity contribution in [2.24, 2.45) is 17.8 Å². The molecule has 0 heterocycles. The summed E-state index contributed by atoms with van der Waals surface area (Å²) in [6, 6.07) is 0. The van der Waals surface area contributed by atoms with Crippen molar-refractivity contribution in [1.29, 1.82) is 0 Å². The molecule has 2 saturated carbocycles. The summed E-state index contributed by atoms with van der Waals surface area (Å²) in [6.07, 6.45) is 9.32. The maximum atomic E-state index is 12.2. The minimum Gasteiger partial charge on any atom is -0.460 e. The molecule has 3 atom stereocenters. The van der Waals surface area contributed by atoms with Crippen molar-refractivity contribution in [2.75, 3.05) is 6.61 Å². The summed E-state index contributed by atoms with van der Waals surface area (Å²) in [6.45, 7) is 2.05. The van der Waals surface area contributed by atoms with Crippen molar-refractivity contribution < 1.29 is 14.3 Å². The predicted molar refractivity (Wildman–Crippen MR) is 69.0 cm³/mol. The molecule has 0 aliphatic heterocycles.